The Balaban J connectivity index is 1.68. The number of hydrogen-bond donors (Lipinski definition) is 0. The summed E-state index contributed by atoms with van der Waals surface area (Å²) in [4.78, 5) is 24.0. The molecular formula is C23H28O8. The predicted octanol–water partition coefficient (Wildman–Crippen LogP) is 2.98. The molecule has 0 unspecified atom stereocenters. The quantitative estimate of drug-likeness (QED) is 0.374. The molecule has 0 amide bonds. The molecule has 0 fully saturated rings. The summed E-state index contributed by atoms with van der Waals surface area (Å²) in [5.41, 5.74) is 1.51. The highest BCUT2D eigenvalue weighted by Gasteiger charge is 2.11. The third-order valence-electron chi connectivity index (χ3n) is 4.41. The largest absolute Gasteiger partial charge is 0.493 e. The fraction of sp³-hybridized carbons (Fsp3) is 0.391. The van der Waals surface area contributed by atoms with Gasteiger partial charge >= 0.3 is 11.9 Å². The molecular weight excluding hydrogens is 404 g/mol. The van der Waals surface area contributed by atoms with Crippen molar-refractivity contribution in [2.75, 3.05) is 41.7 Å². The second-order valence-corrected chi connectivity index (χ2v) is 6.53. The van der Waals surface area contributed by atoms with Gasteiger partial charge in [0.2, 0.25) is 0 Å². The van der Waals surface area contributed by atoms with Gasteiger partial charge in [0.25, 0.3) is 0 Å². The van der Waals surface area contributed by atoms with Gasteiger partial charge in [-0.05, 0) is 35.4 Å². The molecule has 0 saturated carbocycles. The molecule has 0 aromatic heterocycles. The van der Waals surface area contributed by atoms with Crippen LogP contribution in [0.3, 0.4) is 0 Å². The third-order valence-corrected chi connectivity index (χ3v) is 4.41. The molecule has 8 heteroatoms. The summed E-state index contributed by atoms with van der Waals surface area (Å²) in [7, 11) is 6.16. The molecule has 0 spiro atoms. The lowest BCUT2D eigenvalue weighted by molar-refractivity contribution is -0.145. The summed E-state index contributed by atoms with van der Waals surface area (Å²) in [5.74, 6) is 1.54. The Labute approximate surface area is 182 Å². The summed E-state index contributed by atoms with van der Waals surface area (Å²) in [6.07, 6.45) is 0.633. The minimum absolute atomic E-state index is 0.111. The van der Waals surface area contributed by atoms with Crippen LogP contribution in [0.15, 0.2) is 36.4 Å². The summed E-state index contributed by atoms with van der Waals surface area (Å²) >= 11 is 0. The lowest BCUT2D eigenvalue weighted by Crippen LogP contribution is -2.13. The second-order valence-electron chi connectivity index (χ2n) is 6.53. The van der Waals surface area contributed by atoms with Crippen molar-refractivity contribution >= 4 is 11.9 Å². The van der Waals surface area contributed by atoms with E-state index in [9.17, 15) is 9.59 Å². The zero-order valence-corrected chi connectivity index (χ0v) is 18.3. The number of ether oxygens (including phenoxy) is 6. The summed E-state index contributed by atoms with van der Waals surface area (Å²) in [6, 6.07) is 10.5. The number of hydrogen-bond acceptors (Lipinski definition) is 8. The fourth-order valence-electron chi connectivity index (χ4n) is 2.85. The minimum atomic E-state index is -0.371. The van der Waals surface area contributed by atoms with Gasteiger partial charge in [0, 0.05) is 6.42 Å². The van der Waals surface area contributed by atoms with Crippen molar-refractivity contribution in [3.8, 4) is 23.0 Å². The first-order valence-corrected chi connectivity index (χ1v) is 9.73. The van der Waals surface area contributed by atoms with Gasteiger partial charge in [-0.1, -0.05) is 12.1 Å². The van der Waals surface area contributed by atoms with Crippen molar-refractivity contribution in [3.63, 3.8) is 0 Å². The summed E-state index contributed by atoms with van der Waals surface area (Å²) in [6.45, 7) is 0.325. The molecule has 0 atom stereocenters. The summed E-state index contributed by atoms with van der Waals surface area (Å²) in [5, 5.41) is 0. The van der Waals surface area contributed by atoms with E-state index in [1.54, 1.807) is 50.6 Å². The molecule has 0 N–H and O–H groups in total. The van der Waals surface area contributed by atoms with Crippen LogP contribution in [0.4, 0.5) is 0 Å². The van der Waals surface area contributed by atoms with E-state index in [1.807, 2.05) is 0 Å². The first-order chi connectivity index (χ1) is 15.0. The number of methoxy groups -OCH3 is 4. The van der Waals surface area contributed by atoms with Gasteiger partial charge in [0.15, 0.2) is 23.0 Å². The van der Waals surface area contributed by atoms with Gasteiger partial charge in [-0.2, -0.15) is 0 Å². The first kappa shape index (κ1) is 23.9. The molecule has 2 aromatic carbocycles. The van der Waals surface area contributed by atoms with Crippen molar-refractivity contribution in [3.05, 3.63) is 47.5 Å². The van der Waals surface area contributed by atoms with Gasteiger partial charge < -0.3 is 28.4 Å². The first-order valence-electron chi connectivity index (χ1n) is 9.73. The molecule has 0 aliphatic rings. The van der Waals surface area contributed by atoms with Crippen molar-refractivity contribution in [2.45, 2.75) is 19.3 Å². The third kappa shape index (κ3) is 7.40. The Morgan fingerprint density at radius 2 is 1.00 bits per heavy atom. The van der Waals surface area contributed by atoms with E-state index < -0.39 is 0 Å². The highest BCUT2D eigenvalue weighted by molar-refractivity contribution is 5.73. The lowest BCUT2D eigenvalue weighted by atomic mass is 10.1. The van der Waals surface area contributed by atoms with E-state index in [0.29, 0.717) is 29.4 Å². The summed E-state index contributed by atoms with van der Waals surface area (Å²) < 4.78 is 31.2. The molecule has 0 aliphatic carbocycles. The van der Waals surface area contributed by atoms with E-state index in [0.717, 1.165) is 11.1 Å². The van der Waals surface area contributed by atoms with E-state index in [-0.39, 0.29) is 38.0 Å². The van der Waals surface area contributed by atoms with Crippen LogP contribution in [-0.4, -0.2) is 53.6 Å². The van der Waals surface area contributed by atoms with Gasteiger partial charge in [0.1, 0.15) is 0 Å². The van der Waals surface area contributed by atoms with Gasteiger partial charge in [-0.25, -0.2) is 0 Å². The van der Waals surface area contributed by atoms with E-state index in [2.05, 4.69) is 0 Å². The topological polar surface area (TPSA) is 89.5 Å². The standard InChI is InChI=1S/C23H28O8/c1-26-18-8-6-16(12-20(18)28-3)14-22(24)30-10-5-11-31-23(25)15-17-7-9-19(27-2)21(13-17)29-4/h6-9,12-13H,5,10-11,14-15H2,1-4H3. The Bertz CT molecular complexity index is 806. The molecule has 2 rings (SSSR count). The van der Waals surface area contributed by atoms with E-state index in [4.69, 9.17) is 28.4 Å². The molecule has 0 heterocycles. The van der Waals surface area contributed by atoms with E-state index >= 15 is 0 Å². The smallest absolute Gasteiger partial charge is 0.310 e. The van der Waals surface area contributed by atoms with Crippen molar-refractivity contribution in [1.29, 1.82) is 0 Å². The van der Waals surface area contributed by atoms with Crippen molar-refractivity contribution in [1.82, 2.24) is 0 Å². The monoisotopic (exact) mass is 432 g/mol. The Hall–Kier alpha value is -3.42. The molecule has 2 aromatic rings. The van der Waals surface area contributed by atoms with Crippen molar-refractivity contribution in [2.24, 2.45) is 0 Å². The molecule has 0 bridgehead atoms. The molecule has 168 valence electrons. The number of esters is 2. The van der Waals surface area contributed by atoms with Crippen LogP contribution in [0.5, 0.6) is 23.0 Å². The molecule has 31 heavy (non-hydrogen) atoms. The molecule has 0 aliphatic heterocycles. The Kier molecular flexibility index (Phi) is 9.48. The lowest BCUT2D eigenvalue weighted by Gasteiger charge is -2.10. The maximum Gasteiger partial charge on any atom is 0.310 e. The minimum Gasteiger partial charge on any atom is -0.493 e. The Morgan fingerprint density at radius 3 is 1.35 bits per heavy atom. The normalized spacial score (nSPS) is 10.2. The van der Waals surface area contributed by atoms with Crippen LogP contribution < -0.4 is 18.9 Å². The number of carbonyl (C=O) groups excluding carboxylic acids is 2. The van der Waals surface area contributed by atoms with Crippen LogP contribution in [0, 0.1) is 0 Å². The van der Waals surface area contributed by atoms with Crippen LogP contribution in [0.2, 0.25) is 0 Å². The van der Waals surface area contributed by atoms with Crippen LogP contribution in [0.1, 0.15) is 17.5 Å². The average Bonchev–Trinajstić information content (AvgIpc) is 2.78. The van der Waals surface area contributed by atoms with Crippen LogP contribution in [0.25, 0.3) is 0 Å². The van der Waals surface area contributed by atoms with Gasteiger partial charge in [-0.15, -0.1) is 0 Å². The maximum absolute atomic E-state index is 12.0. The highest BCUT2D eigenvalue weighted by atomic mass is 16.5. The highest BCUT2D eigenvalue weighted by Crippen LogP contribution is 2.28. The number of carbonyl (C=O) groups is 2. The van der Waals surface area contributed by atoms with Crippen LogP contribution >= 0.6 is 0 Å². The molecule has 0 saturated heterocycles. The van der Waals surface area contributed by atoms with Crippen LogP contribution in [-0.2, 0) is 31.9 Å². The number of rotatable bonds is 12. The molecule has 8 nitrogen and oxygen atoms in total. The van der Waals surface area contributed by atoms with Gasteiger partial charge in [0.05, 0.1) is 54.5 Å². The van der Waals surface area contributed by atoms with Crippen molar-refractivity contribution < 1.29 is 38.0 Å². The Morgan fingerprint density at radius 1 is 0.613 bits per heavy atom. The maximum atomic E-state index is 12.0. The second kappa shape index (κ2) is 12.3. The predicted molar refractivity (Wildman–Crippen MR) is 113 cm³/mol. The SMILES string of the molecule is COc1ccc(CC(=O)OCCCOC(=O)Cc2ccc(OC)c(OC)c2)cc1OC. The average molecular weight is 432 g/mol. The zero-order valence-electron chi connectivity index (χ0n) is 18.3. The van der Waals surface area contributed by atoms with Gasteiger partial charge in [-0.3, -0.25) is 9.59 Å². The number of benzene rings is 2. The molecule has 0 radical (unpaired) electrons. The fourth-order valence-corrected chi connectivity index (χ4v) is 2.85. The zero-order chi connectivity index (χ0) is 22.6. The van der Waals surface area contributed by atoms with E-state index in [1.165, 1.54) is 14.2 Å².